The van der Waals surface area contributed by atoms with Crippen molar-refractivity contribution in [3.8, 4) is 11.5 Å². The van der Waals surface area contributed by atoms with Gasteiger partial charge in [-0.05, 0) is 42.8 Å². The van der Waals surface area contributed by atoms with E-state index < -0.39 is 0 Å². The Labute approximate surface area is 111 Å². The Bertz CT molecular complexity index is 570. The Morgan fingerprint density at radius 3 is 2.74 bits per heavy atom. The van der Waals surface area contributed by atoms with Gasteiger partial charge in [-0.3, -0.25) is 0 Å². The van der Waals surface area contributed by atoms with Crippen LogP contribution in [0.5, 0.6) is 11.5 Å². The van der Waals surface area contributed by atoms with Crippen molar-refractivity contribution >= 4 is 0 Å². The minimum Gasteiger partial charge on any atom is -0.508 e. The van der Waals surface area contributed by atoms with Crippen LogP contribution in [0.15, 0.2) is 42.5 Å². The van der Waals surface area contributed by atoms with Gasteiger partial charge in [-0.25, -0.2) is 4.39 Å². The molecule has 19 heavy (non-hydrogen) atoms. The molecule has 0 heterocycles. The van der Waals surface area contributed by atoms with E-state index in [2.05, 4.69) is 0 Å². The summed E-state index contributed by atoms with van der Waals surface area (Å²) in [5, 5.41) is 9.36. The van der Waals surface area contributed by atoms with E-state index in [9.17, 15) is 9.50 Å². The van der Waals surface area contributed by atoms with E-state index in [1.165, 1.54) is 12.1 Å². The van der Waals surface area contributed by atoms with Crippen LogP contribution in [0.4, 0.5) is 4.39 Å². The third-order valence-corrected chi connectivity index (χ3v) is 2.77. The van der Waals surface area contributed by atoms with Crippen LogP contribution in [0.1, 0.15) is 24.1 Å². The van der Waals surface area contributed by atoms with E-state index in [1.54, 1.807) is 31.2 Å². The van der Waals surface area contributed by atoms with Crippen LogP contribution in [-0.2, 0) is 6.61 Å². The molecule has 0 saturated carbocycles. The van der Waals surface area contributed by atoms with Gasteiger partial charge in [-0.1, -0.05) is 12.1 Å². The fraction of sp³-hybridized carbons (Fsp3) is 0.200. The normalized spacial score (nSPS) is 12.2. The van der Waals surface area contributed by atoms with E-state index >= 15 is 0 Å². The van der Waals surface area contributed by atoms with Crippen LogP contribution in [0.25, 0.3) is 0 Å². The highest BCUT2D eigenvalue weighted by molar-refractivity contribution is 5.36. The van der Waals surface area contributed by atoms with Gasteiger partial charge in [0.05, 0.1) is 0 Å². The molecule has 2 aromatic carbocycles. The Morgan fingerprint density at radius 1 is 1.26 bits per heavy atom. The van der Waals surface area contributed by atoms with E-state index in [0.717, 1.165) is 5.56 Å². The van der Waals surface area contributed by atoms with Crippen molar-refractivity contribution in [1.82, 2.24) is 0 Å². The number of halogens is 1. The highest BCUT2D eigenvalue weighted by atomic mass is 19.1. The van der Waals surface area contributed by atoms with Crippen molar-refractivity contribution in [1.29, 1.82) is 0 Å². The lowest BCUT2D eigenvalue weighted by Crippen LogP contribution is -2.08. The number of rotatable bonds is 4. The monoisotopic (exact) mass is 261 g/mol. The summed E-state index contributed by atoms with van der Waals surface area (Å²) in [4.78, 5) is 0. The Hall–Kier alpha value is -2.07. The summed E-state index contributed by atoms with van der Waals surface area (Å²) in [6.45, 7) is 2.07. The Morgan fingerprint density at radius 2 is 2.05 bits per heavy atom. The summed E-state index contributed by atoms with van der Waals surface area (Å²) in [5.74, 6) is 0.407. The largest absolute Gasteiger partial charge is 0.508 e. The fourth-order valence-corrected chi connectivity index (χ4v) is 1.81. The number of aromatic hydroxyl groups is 1. The predicted octanol–water partition coefficient (Wildman–Crippen LogP) is 3.13. The molecule has 0 amide bonds. The second-order valence-electron chi connectivity index (χ2n) is 4.43. The number of hydrogen-bond donors (Lipinski definition) is 2. The lowest BCUT2D eigenvalue weighted by Gasteiger charge is -2.14. The van der Waals surface area contributed by atoms with Gasteiger partial charge in [0.25, 0.3) is 0 Å². The van der Waals surface area contributed by atoms with Gasteiger partial charge in [-0.2, -0.15) is 0 Å². The standard InChI is InChI=1S/C15H16FNO2/c1-10(17)14-8-12(16)5-6-15(14)19-9-11-3-2-4-13(18)7-11/h2-8,10,18H,9,17H2,1H3/t10-/m1/s1. The van der Waals surface area contributed by atoms with Gasteiger partial charge in [0.2, 0.25) is 0 Å². The number of benzene rings is 2. The third-order valence-electron chi connectivity index (χ3n) is 2.77. The van der Waals surface area contributed by atoms with Crippen molar-refractivity contribution in [3.05, 3.63) is 59.4 Å². The zero-order chi connectivity index (χ0) is 13.8. The average Bonchev–Trinajstić information content (AvgIpc) is 2.37. The molecule has 3 N–H and O–H groups in total. The molecule has 0 bridgehead atoms. The maximum absolute atomic E-state index is 13.2. The van der Waals surface area contributed by atoms with E-state index in [4.69, 9.17) is 10.5 Å². The Balaban J connectivity index is 2.15. The van der Waals surface area contributed by atoms with Crippen LogP contribution in [0.2, 0.25) is 0 Å². The lowest BCUT2D eigenvalue weighted by atomic mass is 10.1. The zero-order valence-corrected chi connectivity index (χ0v) is 10.6. The third kappa shape index (κ3) is 3.45. The highest BCUT2D eigenvalue weighted by Crippen LogP contribution is 2.25. The van der Waals surface area contributed by atoms with Crippen molar-refractivity contribution in [2.45, 2.75) is 19.6 Å². The molecule has 0 saturated heterocycles. The predicted molar refractivity (Wildman–Crippen MR) is 71.4 cm³/mol. The molecule has 0 aliphatic carbocycles. The summed E-state index contributed by atoms with van der Waals surface area (Å²) in [6, 6.07) is 10.8. The minimum atomic E-state index is -0.336. The van der Waals surface area contributed by atoms with E-state index in [0.29, 0.717) is 17.9 Å². The molecule has 0 unspecified atom stereocenters. The Kier molecular flexibility index (Phi) is 4.02. The summed E-state index contributed by atoms with van der Waals surface area (Å²) in [7, 11) is 0. The van der Waals surface area contributed by atoms with E-state index in [1.807, 2.05) is 6.07 Å². The smallest absolute Gasteiger partial charge is 0.124 e. The molecule has 2 rings (SSSR count). The lowest BCUT2D eigenvalue weighted by molar-refractivity contribution is 0.300. The molecular weight excluding hydrogens is 245 g/mol. The molecule has 1 atom stereocenters. The topological polar surface area (TPSA) is 55.5 Å². The number of phenolic OH excluding ortho intramolecular Hbond substituents is 1. The number of phenols is 1. The first-order valence-corrected chi connectivity index (χ1v) is 6.02. The van der Waals surface area contributed by atoms with Crippen LogP contribution in [-0.4, -0.2) is 5.11 Å². The average molecular weight is 261 g/mol. The van der Waals surface area contributed by atoms with Crippen molar-refractivity contribution in [2.75, 3.05) is 0 Å². The van der Waals surface area contributed by atoms with Gasteiger partial charge >= 0.3 is 0 Å². The molecule has 0 aromatic heterocycles. The second kappa shape index (κ2) is 5.71. The molecule has 0 fully saturated rings. The second-order valence-corrected chi connectivity index (χ2v) is 4.43. The first-order valence-electron chi connectivity index (χ1n) is 6.02. The fourth-order valence-electron chi connectivity index (χ4n) is 1.81. The first-order chi connectivity index (χ1) is 9.06. The summed E-state index contributed by atoms with van der Waals surface area (Å²) >= 11 is 0. The molecule has 0 spiro atoms. The van der Waals surface area contributed by atoms with Gasteiger partial charge in [0.15, 0.2) is 0 Å². The van der Waals surface area contributed by atoms with Crippen molar-refractivity contribution in [2.24, 2.45) is 5.73 Å². The van der Waals surface area contributed by atoms with Crippen LogP contribution in [0, 0.1) is 5.82 Å². The highest BCUT2D eigenvalue weighted by Gasteiger charge is 2.09. The minimum absolute atomic E-state index is 0.188. The quantitative estimate of drug-likeness (QED) is 0.889. The van der Waals surface area contributed by atoms with Gasteiger partial charge < -0.3 is 15.6 Å². The molecule has 100 valence electrons. The van der Waals surface area contributed by atoms with Crippen LogP contribution < -0.4 is 10.5 Å². The summed E-state index contributed by atoms with van der Waals surface area (Å²) < 4.78 is 18.8. The molecule has 0 aliphatic heterocycles. The van der Waals surface area contributed by atoms with E-state index in [-0.39, 0.29) is 17.6 Å². The molecule has 0 radical (unpaired) electrons. The maximum Gasteiger partial charge on any atom is 0.124 e. The molecule has 0 aliphatic rings. The van der Waals surface area contributed by atoms with Crippen molar-refractivity contribution < 1.29 is 14.2 Å². The van der Waals surface area contributed by atoms with Crippen LogP contribution >= 0.6 is 0 Å². The van der Waals surface area contributed by atoms with Crippen LogP contribution in [0.3, 0.4) is 0 Å². The molecule has 2 aromatic rings. The van der Waals surface area contributed by atoms with Crippen molar-refractivity contribution in [3.63, 3.8) is 0 Å². The summed E-state index contributed by atoms with van der Waals surface area (Å²) in [6.07, 6.45) is 0. The van der Waals surface area contributed by atoms with Gasteiger partial charge in [0, 0.05) is 11.6 Å². The van der Waals surface area contributed by atoms with Gasteiger partial charge in [-0.15, -0.1) is 0 Å². The maximum atomic E-state index is 13.2. The SMILES string of the molecule is C[C@@H](N)c1cc(F)ccc1OCc1cccc(O)c1. The number of hydrogen-bond acceptors (Lipinski definition) is 3. The first kappa shape index (κ1) is 13.4. The molecule has 3 nitrogen and oxygen atoms in total. The van der Waals surface area contributed by atoms with Gasteiger partial charge in [0.1, 0.15) is 23.9 Å². The zero-order valence-electron chi connectivity index (χ0n) is 10.6. The number of ether oxygens (including phenoxy) is 1. The molecule has 4 heteroatoms. The molecular formula is C15H16FNO2. The number of nitrogens with two attached hydrogens (primary N) is 1. The summed E-state index contributed by atoms with van der Waals surface area (Å²) in [5.41, 5.74) is 7.25.